The molecule has 3 aromatic rings. The highest BCUT2D eigenvalue weighted by Crippen LogP contribution is 2.36. The number of aromatic nitrogens is 2. The maximum absolute atomic E-state index is 13.7. The molecule has 1 aromatic heterocycles. The van der Waals surface area contributed by atoms with Gasteiger partial charge in [-0.1, -0.05) is 18.2 Å². The summed E-state index contributed by atoms with van der Waals surface area (Å²) >= 11 is 0. The fraction of sp³-hybridized carbons (Fsp3) is 0.370. The average molecular weight is 576 g/mol. The van der Waals surface area contributed by atoms with Gasteiger partial charge in [-0.3, -0.25) is 14.4 Å². The number of urea groups is 1. The molecular formula is C27H36Cl2N8O2. The molecule has 4 N–H and O–H groups in total. The number of benzene rings is 2. The summed E-state index contributed by atoms with van der Waals surface area (Å²) in [5.41, 5.74) is 10.8. The Morgan fingerprint density at radius 2 is 1.82 bits per heavy atom. The van der Waals surface area contributed by atoms with Gasteiger partial charge in [0.2, 0.25) is 0 Å². The number of nitrogens with two attached hydrogens (primary N) is 1. The lowest BCUT2D eigenvalue weighted by molar-refractivity contribution is 0.0985. The molecule has 12 heteroatoms. The fourth-order valence-corrected chi connectivity index (χ4v) is 4.96. The minimum Gasteiger partial charge on any atom is -0.338 e. The predicted octanol–water partition coefficient (Wildman–Crippen LogP) is 3.26. The van der Waals surface area contributed by atoms with Gasteiger partial charge in [-0.25, -0.2) is 4.79 Å². The smallest absolute Gasteiger partial charge is 0.317 e. The maximum Gasteiger partial charge on any atom is 0.317 e. The molecule has 10 nitrogen and oxygen atoms in total. The van der Waals surface area contributed by atoms with E-state index in [0.29, 0.717) is 38.3 Å². The van der Waals surface area contributed by atoms with Crippen LogP contribution in [0.2, 0.25) is 0 Å². The number of nitrogens with one attached hydrogen (secondary N) is 2. The molecular weight excluding hydrogens is 539 g/mol. The van der Waals surface area contributed by atoms with Crippen molar-refractivity contribution in [3.63, 3.8) is 0 Å². The molecule has 2 aliphatic rings. The van der Waals surface area contributed by atoms with Crippen LogP contribution in [0.4, 0.5) is 22.0 Å². The predicted molar refractivity (Wildman–Crippen MR) is 158 cm³/mol. The number of piperazine rings is 1. The van der Waals surface area contributed by atoms with Gasteiger partial charge in [0.1, 0.15) is 5.82 Å². The van der Waals surface area contributed by atoms with Crippen LogP contribution in [-0.4, -0.2) is 70.8 Å². The van der Waals surface area contributed by atoms with E-state index in [9.17, 15) is 9.59 Å². The summed E-state index contributed by atoms with van der Waals surface area (Å²) in [5.74, 6) is 0.797. The normalized spacial score (nSPS) is 14.6. The first kappa shape index (κ1) is 30.2. The molecule has 5 rings (SSSR count). The summed E-state index contributed by atoms with van der Waals surface area (Å²) in [6, 6.07) is 13.4. The van der Waals surface area contributed by atoms with Crippen molar-refractivity contribution in [2.75, 3.05) is 49.5 Å². The van der Waals surface area contributed by atoms with Gasteiger partial charge in [-0.2, -0.15) is 5.10 Å². The molecule has 39 heavy (non-hydrogen) atoms. The van der Waals surface area contributed by atoms with Crippen LogP contribution in [0, 0.1) is 6.92 Å². The number of amides is 3. The zero-order valence-corrected chi connectivity index (χ0v) is 23.9. The number of hydrogen-bond acceptors (Lipinski definition) is 6. The van der Waals surface area contributed by atoms with Crippen LogP contribution in [0.5, 0.6) is 0 Å². The summed E-state index contributed by atoms with van der Waals surface area (Å²) < 4.78 is 1.79. The number of anilines is 3. The van der Waals surface area contributed by atoms with Crippen molar-refractivity contribution in [2.45, 2.75) is 20.0 Å². The third kappa shape index (κ3) is 6.47. The molecule has 210 valence electrons. The molecule has 3 amide bonds. The van der Waals surface area contributed by atoms with E-state index >= 15 is 0 Å². The van der Waals surface area contributed by atoms with Gasteiger partial charge >= 0.3 is 6.03 Å². The lowest BCUT2D eigenvalue weighted by Crippen LogP contribution is -2.52. The number of carbonyl (C=O) groups excluding carboxylic acids is 2. The first-order chi connectivity index (χ1) is 17.9. The van der Waals surface area contributed by atoms with Crippen LogP contribution in [0.25, 0.3) is 0 Å². The number of hydrogen-bond donors (Lipinski definition) is 3. The van der Waals surface area contributed by atoms with Crippen molar-refractivity contribution >= 4 is 53.9 Å². The van der Waals surface area contributed by atoms with Crippen LogP contribution < -0.4 is 21.3 Å². The van der Waals surface area contributed by atoms with Crippen LogP contribution >= 0.6 is 24.8 Å². The molecule has 0 unspecified atom stereocenters. The van der Waals surface area contributed by atoms with Crippen molar-refractivity contribution in [3.05, 3.63) is 70.9 Å². The first-order valence-electron chi connectivity index (χ1n) is 12.7. The van der Waals surface area contributed by atoms with E-state index in [4.69, 9.17) is 5.73 Å². The second-order valence-corrected chi connectivity index (χ2v) is 9.59. The summed E-state index contributed by atoms with van der Waals surface area (Å²) in [6.45, 7) is 7.39. The zero-order chi connectivity index (χ0) is 25.9. The molecule has 3 heterocycles. The van der Waals surface area contributed by atoms with Gasteiger partial charge in [0.25, 0.3) is 5.91 Å². The summed E-state index contributed by atoms with van der Waals surface area (Å²) in [6.07, 6.45) is 1.80. The van der Waals surface area contributed by atoms with Crippen LogP contribution in [0.15, 0.2) is 48.7 Å². The quantitative estimate of drug-likeness (QED) is 0.431. The van der Waals surface area contributed by atoms with Gasteiger partial charge in [0, 0.05) is 64.0 Å². The van der Waals surface area contributed by atoms with E-state index in [0.717, 1.165) is 53.5 Å². The van der Waals surface area contributed by atoms with Gasteiger partial charge in [-0.05, 0) is 42.3 Å². The van der Waals surface area contributed by atoms with Gasteiger partial charge in [0.05, 0.1) is 24.1 Å². The van der Waals surface area contributed by atoms with E-state index in [1.807, 2.05) is 61.3 Å². The molecule has 0 spiro atoms. The Morgan fingerprint density at radius 1 is 1.08 bits per heavy atom. The van der Waals surface area contributed by atoms with Crippen molar-refractivity contribution in [1.29, 1.82) is 0 Å². The number of fused-ring (bicyclic) bond motifs is 2. The Kier molecular flexibility index (Phi) is 10.2. The largest absolute Gasteiger partial charge is 0.338 e. The first-order valence-corrected chi connectivity index (χ1v) is 12.7. The van der Waals surface area contributed by atoms with Crippen LogP contribution in [0.3, 0.4) is 0 Å². The molecule has 2 aromatic carbocycles. The van der Waals surface area contributed by atoms with Crippen LogP contribution in [0.1, 0.15) is 27.0 Å². The highest BCUT2D eigenvalue weighted by Gasteiger charge is 2.27. The molecule has 2 aliphatic heterocycles. The molecule has 1 saturated heterocycles. The Labute approximate surface area is 241 Å². The number of rotatable bonds is 5. The fourth-order valence-electron chi connectivity index (χ4n) is 4.96. The Hall–Kier alpha value is -3.31. The van der Waals surface area contributed by atoms with Gasteiger partial charge in [-0.15, -0.1) is 24.8 Å². The minimum absolute atomic E-state index is 0. The topological polar surface area (TPSA) is 112 Å². The lowest BCUT2D eigenvalue weighted by Gasteiger charge is -2.34. The van der Waals surface area contributed by atoms with E-state index < -0.39 is 0 Å². The number of para-hydroxylation sites is 2. The maximum atomic E-state index is 13.7. The standard InChI is InChI=1S/C27H34N8O2.2ClH/c1-19-15-20(7-8-21(19)16-29-27(37)34-13-11-33(10-9-28)12-14-34)26(36)35-18-22-17-30-32(2)25(22)31-23-5-3-4-6-24(23)35;;/h3-8,15,17,31H,9-14,16,18,28H2,1-2H3,(H,29,37);2*1H. The third-order valence-electron chi connectivity index (χ3n) is 7.16. The highest BCUT2D eigenvalue weighted by atomic mass is 35.5. The van der Waals surface area contributed by atoms with E-state index in [2.05, 4.69) is 20.6 Å². The van der Waals surface area contributed by atoms with Crippen molar-refractivity contribution < 1.29 is 9.59 Å². The van der Waals surface area contributed by atoms with Gasteiger partial charge in [0.15, 0.2) is 0 Å². The monoisotopic (exact) mass is 574 g/mol. The molecule has 0 atom stereocenters. The molecule has 0 saturated carbocycles. The van der Waals surface area contributed by atoms with E-state index in [1.54, 1.807) is 15.8 Å². The number of carbonyl (C=O) groups is 2. The van der Waals surface area contributed by atoms with Crippen molar-refractivity contribution in [2.24, 2.45) is 12.8 Å². The van der Waals surface area contributed by atoms with Gasteiger partial charge < -0.3 is 26.2 Å². The Morgan fingerprint density at radius 3 is 2.54 bits per heavy atom. The summed E-state index contributed by atoms with van der Waals surface area (Å²) in [5, 5.41) is 10.8. The Bertz CT molecular complexity index is 1310. The minimum atomic E-state index is -0.0833. The molecule has 1 fully saturated rings. The highest BCUT2D eigenvalue weighted by molar-refractivity contribution is 6.08. The average Bonchev–Trinajstić information content (AvgIpc) is 3.15. The number of aryl methyl sites for hydroxylation is 2. The van der Waals surface area contributed by atoms with E-state index in [-0.39, 0.29) is 36.8 Å². The van der Waals surface area contributed by atoms with Crippen molar-refractivity contribution in [1.82, 2.24) is 24.9 Å². The molecule has 0 aliphatic carbocycles. The second kappa shape index (κ2) is 13.2. The second-order valence-electron chi connectivity index (χ2n) is 9.59. The van der Waals surface area contributed by atoms with Crippen LogP contribution in [-0.2, 0) is 20.1 Å². The molecule has 0 radical (unpaired) electrons. The SMILES string of the molecule is Cc1cc(C(=O)N2Cc3cnn(C)c3Nc3ccccc32)ccc1CNC(=O)N1CCN(CCN)CC1.Cl.Cl. The number of halogens is 2. The molecule has 0 bridgehead atoms. The number of nitrogens with zero attached hydrogens (tertiary/aromatic N) is 5. The third-order valence-corrected chi connectivity index (χ3v) is 7.16. The zero-order valence-electron chi connectivity index (χ0n) is 22.2. The lowest BCUT2D eigenvalue weighted by atomic mass is 10.0. The summed E-state index contributed by atoms with van der Waals surface area (Å²) in [7, 11) is 1.88. The van der Waals surface area contributed by atoms with E-state index in [1.165, 1.54) is 0 Å². The summed E-state index contributed by atoms with van der Waals surface area (Å²) in [4.78, 5) is 32.3. The Balaban J connectivity index is 0.00000210. The van der Waals surface area contributed by atoms with Crippen molar-refractivity contribution in [3.8, 4) is 0 Å².